The Hall–Kier alpha value is -3.34. The molecule has 0 spiro atoms. The number of anilines is 1. The molecule has 0 fully saturated rings. The molecule has 0 heterocycles. The van der Waals surface area contributed by atoms with Crippen LogP contribution in [0.4, 0.5) is 14.5 Å². The number of nitrogens with one attached hydrogen (secondary N) is 1. The summed E-state index contributed by atoms with van der Waals surface area (Å²) in [6.45, 7) is 2.08. The van der Waals surface area contributed by atoms with Crippen LogP contribution in [0.3, 0.4) is 0 Å². The highest BCUT2D eigenvalue weighted by Crippen LogP contribution is 2.17. The van der Waals surface area contributed by atoms with E-state index in [1.807, 2.05) is 31.2 Å². The van der Waals surface area contributed by atoms with E-state index in [-0.39, 0.29) is 19.5 Å². The number of hydrogen-bond acceptors (Lipinski definition) is 5. The first-order valence-electron chi connectivity index (χ1n) is 11.8. The molecule has 10 heteroatoms. The van der Waals surface area contributed by atoms with E-state index in [1.165, 1.54) is 29.2 Å². The lowest BCUT2D eigenvalue weighted by Crippen LogP contribution is -2.46. The van der Waals surface area contributed by atoms with Crippen LogP contribution in [-0.4, -0.2) is 49.3 Å². The molecule has 3 aromatic rings. The molecule has 0 saturated heterocycles. The number of nitrogens with two attached hydrogens (primary N) is 1. The average Bonchev–Trinajstić information content (AvgIpc) is 2.82. The first-order chi connectivity index (χ1) is 17.4. The number of nitrogens with zero attached hydrogens (tertiary/aromatic N) is 1. The van der Waals surface area contributed by atoms with Gasteiger partial charge in [0.15, 0.2) is 0 Å². The maximum absolute atomic E-state index is 13.6. The fraction of sp³-hybridized carbons (Fsp3) is 0.296. The van der Waals surface area contributed by atoms with Gasteiger partial charge in [-0.25, -0.2) is 17.2 Å². The Kier molecular flexibility index (Phi) is 9.36. The van der Waals surface area contributed by atoms with Crippen LogP contribution in [0.1, 0.15) is 34.0 Å². The minimum absolute atomic E-state index is 0.00898. The van der Waals surface area contributed by atoms with Crippen LogP contribution in [0.15, 0.2) is 66.7 Å². The second-order valence-corrected chi connectivity index (χ2v) is 10.8. The van der Waals surface area contributed by atoms with Crippen molar-refractivity contribution in [3.63, 3.8) is 0 Å². The number of hydrogen-bond donors (Lipinski definition) is 3. The molecule has 0 unspecified atom stereocenters. The topological polar surface area (TPSA) is 113 Å². The molecule has 0 aliphatic carbocycles. The average molecular weight is 532 g/mol. The Morgan fingerprint density at radius 2 is 1.62 bits per heavy atom. The number of benzene rings is 3. The van der Waals surface area contributed by atoms with Gasteiger partial charge in [-0.3, -0.25) is 9.52 Å². The van der Waals surface area contributed by atoms with Gasteiger partial charge in [0.25, 0.3) is 5.91 Å². The monoisotopic (exact) mass is 531 g/mol. The molecule has 37 heavy (non-hydrogen) atoms. The minimum Gasteiger partial charge on any atom is -0.390 e. The molecule has 4 N–H and O–H groups in total. The summed E-state index contributed by atoms with van der Waals surface area (Å²) in [6.07, 6.45) is 0.667. The van der Waals surface area contributed by atoms with E-state index in [0.717, 1.165) is 42.0 Å². The highest BCUT2D eigenvalue weighted by Gasteiger charge is 2.24. The fourth-order valence-electron chi connectivity index (χ4n) is 3.96. The highest BCUT2D eigenvalue weighted by atomic mass is 32.2. The van der Waals surface area contributed by atoms with Crippen LogP contribution >= 0.6 is 0 Å². The standard InChI is InChI=1S/C27H31F2N3O4S/c1-3-18-5-4-6-19(11-18)16-32(27(34)21-7-9-24(10-8-21)31-37(2,35)36)17-26(33)25(30)14-20-12-22(28)15-23(29)13-20/h4-13,15,25-26,31,33H,3,14,16-17,30H2,1-2H3/t25-,26+/m0/s1. The number of rotatable bonds is 11. The van der Waals surface area contributed by atoms with Gasteiger partial charge in [0.1, 0.15) is 11.6 Å². The molecule has 0 aliphatic rings. The smallest absolute Gasteiger partial charge is 0.254 e. The van der Waals surface area contributed by atoms with Gasteiger partial charge in [-0.2, -0.15) is 0 Å². The SMILES string of the molecule is CCc1cccc(CN(C[C@@H](O)[C@@H](N)Cc2cc(F)cc(F)c2)C(=O)c2ccc(NS(C)(=O)=O)cc2)c1. The van der Waals surface area contributed by atoms with Crippen molar-refractivity contribution in [2.24, 2.45) is 5.73 Å². The second-order valence-electron chi connectivity index (χ2n) is 9.02. The Labute approximate surface area is 216 Å². The van der Waals surface area contributed by atoms with Crippen molar-refractivity contribution in [1.82, 2.24) is 4.90 Å². The Balaban J connectivity index is 1.81. The second kappa shape index (κ2) is 12.3. The van der Waals surface area contributed by atoms with Crippen LogP contribution in [0.2, 0.25) is 0 Å². The van der Waals surface area contributed by atoms with Crippen molar-refractivity contribution in [2.75, 3.05) is 17.5 Å². The first-order valence-corrected chi connectivity index (χ1v) is 13.7. The lowest BCUT2D eigenvalue weighted by atomic mass is 10.0. The minimum atomic E-state index is -3.47. The fourth-order valence-corrected chi connectivity index (χ4v) is 4.53. The number of carbonyl (C=O) groups excluding carboxylic acids is 1. The summed E-state index contributed by atoms with van der Waals surface area (Å²) < 4.78 is 52.4. The summed E-state index contributed by atoms with van der Waals surface area (Å²) in [5, 5.41) is 10.9. The zero-order chi connectivity index (χ0) is 27.2. The molecule has 3 rings (SSSR count). The largest absolute Gasteiger partial charge is 0.390 e. The summed E-state index contributed by atoms with van der Waals surface area (Å²) in [5.41, 5.74) is 9.00. The summed E-state index contributed by atoms with van der Waals surface area (Å²) in [5.74, 6) is -1.87. The number of sulfonamides is 1. The lowest BCUT2D eigenvalue weighted by molar-refractivity contribution is 0.0554. The van der Waals surface area contributed by atoms with E-state index >= 15 is 0 Å². The van der Waals surface area contributed by atoms with Crippen molar-refractivity contribution in [2.45, 2.75) is 38.5 Å². The van der Waals surface area contributed by atoms with Gasteiger partial charge in [-0.05, 0) is 65.9 Å². The van der Waals surface area contributed by atoms with Gasteiger partial charge in [-0.15, -0.1) is 0 Å². The predicted octanol–water partition coefficient (Wildman–Crippen LogP) is 3.47. The van der Waals surface area contributed by atoms with Gasteiger partial charge in [0, 0.05) is 36.4 Å². The highest BCUT2D eigenvalue weighted by molar-refractivity contribution is 7.92. The summed E-state index contributed by atoms with van der Waals surface area (Å²) in [4.78, 5) is 14.9. The number of carbonyl (C=O) groups is 1. The molecule has 0 radical (unpaired) electrons. The molecule has 0 saturated carbocycles. The Bertz CT molecular complexity index is 1310. The molecule has 0 aromatic heterocycles. The van der Waals surface area contributed by atoms with Crippen LogP contribution in [0.25, 0.3) is 0 Å². The van der Waals surface area contributed by atoms with Crippen LogP contribution < -0.4 is 10.5 Å². The van der Waals surface area contributed by atoms with Gasteiger partial charge < -0.3 is 15.7 Å². The van der Waals surface area contributed by atoms with Gasteiger partial charge in [0.2, 0.25) is 10.0 Å². The third-order valence-electron chi connectivity index (χ3n) is 5.79. The van der Waals surface area contributed by atoms with Crippen molar-refractivity contribution in [3.8, 4) is 0 Å². The van der Waals surface area contributed by atoms with Crippen molar-refractivity contribution >= 4 is 21.6 Å². The van der Waals surface area contributed by atoms with Crippen LogP contribution in [-0.2, 0) is 29.4 Å². The summed E-state index contributed by atoms with van der Waals surface area (Å²) >= 11 is 0. The molecule has 3 aromatic carbocycles. The molecule has 7 nitrogen and oxygen atoms in total. The lowest BCUT2D eigenvalue weighted by Gasteiger charge is -2.28. The molecular weight excluding hydrogens is 500 g/mol. The van der Waals surface area contributed by atoms with E-state index < -0.39 is 39.7 Å². The molecule has 198 valence electrons. The number of amides is 1. The van der Waals surface area contributed by atoms with Gasteiger partial charge in [0.05, 0.1) is 12.4 Å². The molecule has 1 amide bonds. The molecule has 0 bridgehead atoms. The quantitative estimate of drug-likeness (QED) is 0.351. The number of aliphatic hydroxyl groups is 1. The van der Waals surface area contributed by atoms with E-state index in [9.17, 15) is 27.1 Å². The first kappa shape index (κ1) is 28.2. The van der Waals surface area contributed by atoms with E-state index in [4.69, 9.17) is 5.73 Å². The Morgan fingerprint density at radius 1 is 1.00 bits per heavy atom. The van der Waals surface area contributed by atoms with Crippen molar-refractivity contribution in [3.05, 3.63) is 101 Å². The van der Waals surface area contributed by atoms with E-state index in [2.05, 4.69) is 4.72 Å². The van der Waals surface area contributed by atoms with Crippen LogP contribution in [0.5, 0.6) is 0 Å². The van der Waals surface area contributed by atoms with E-state index in [1.54, 1.807) is 0 Å². The maximum atomic E-state index is 13.6. The third-order valence-corrected chi connectivity index (χ3v) is 6.40. The summed E-state index contributed by atoms with van der Waals surface area (Å²) in [7, 11) is -3.47. The van der Waals surface area contributed by atoms with Crippen molar-refractivity contribution < 1.29 is 27.1 Å². The van der Waals surface area contributed by atoms with Gasteiger partial charge in [-0.1, -0.05) is 31.2 Å². The summed E-state index contributed by atoms with van der Waals surface area (Å²) in [6, 6.07) is 15.8. The van der Waals surface area contributed by atoms with Crippen molar-refractivity contribution in [1.29, 1.82) is 0 Å². The van der Waals surface area contributed by atoms with E-state index in [0.29, 0.717) is 16.8 Å². The number of aryl methyl sites for hydroxylation is 1. The molecular formula is C27H31F2N3O4S. The zero-order valence-electron chi connectivity index (χ0n) is 20.7. The van der Waals surface area contributed by atoms with Crippen LogP contribution in [0, 0.1) is 11.6 Å². The predicted molar refractivity (Wildman–Crippen MR) is 140 cm³/mol. The zero-order valence-corrected chi connectivity index (χ0v) is 21.5. The van der Waals surface area contributed by atoms with Gasteiger partial charge >= 0.3 is 0 Å². The normalized spacial score (nSPS) is 13.1. The maximum Gasteiger partial charge on any atom is 0.254 e. The Morgan fingerprint density at radius 3 is 2.22 bits per heavy atom. The number of halogens is 2. The molecule has 0 aliphatic heterocycles. The third kappa shape index (κ3) is 8.63. The number of aliphatic hydroxyl groups excluding tert-OH is 1. The molecule has 2 atom stereocenters.